The number of carbonyl (C=O) groups excluding carboxylic acids is 1. The Bertz CT molecular complexity index is 937. The maximum Gasteiger partial charge on any atom is 0.328 e. The van der Waals surface area contributed by atoms with E-state index in [1.54, 1.807) is 11.4 Å². The van der Waals surface area contributed by atoms with Gasteiger partial charge < -0.3 is 4.74 Å². The van der Waals surface area contributed by atoms with Gasteiger partial charge in [0.2, 0.25) is 0 Å². The van der Waals surface area contributed by atoms with E-state index in [1.165, 1.54) is 36.6 Å². The van der Waals surface area contributed by atoms with E-state index in [9.17, 15) is 23.3 Å². The molecule has 0 fully saturated rings. The van der Waals surface area contributed by atoms with Gasteiger partial charge >= 0.3 is 5.97 Å². The Morgan fingerprint density at radius 2 is 2.08 bits per heavy atom. The standard InChI is InChI=1S/C15H14N2O6S2/c1-23-15(18)14-10-7-9-24-12(10)6-8-16(14)25(21,22)13-5-3-2-4-11(13)17(19)20/h2-5,7,9,14H,6,8H2,1H3. The van der Waals surface area contributed by atoms with Crippen molar-refractivity contribution in [3.05, 3.63) is 56.3 Å². The summed E-state index contributed by atoms with van der Waals surface area (Å²) in [6.45, 7) is 0.0433. The molecule has 0 N–H and O–H groups in total. The van der Waals surface area contributed by atoms with Crippen LogP contribution in [-0.2, 0) is 26.0 Å². The molecule has 1 aliphatic heterocycles. The molecule has 8 nitrogen and oxygen atoms in total. The van der Waals surface area contributed by atoms with Gasteiger partial charge in [-0.05, 0) is 29.5 Å². The number of benzene rings is 1. The summed E-state index contributed by atoms with van der Waals surface area (Å²) in [5.41, 5.74) is 0.0347. The zero-order valence-electron chi connectivity index (χ0n) is 13.1. The first-order chi connectivity index (χ1) is 11.9. The fourth-order valence-corrected chi connectivity index (χ4v) is 5.48. The van der Waals surface area contributed by atoms with Crippen molar-refractivity contribution in [2.45, 2.75) is 17.4 Å². The number of ether oxygens (including phenoxy) is 1. The summed E-state index contributed by atoms with van der Waals surface area (Å²) in [5.74, 6) is -0.721. The molecule has 1 aromatic carbocycles. The normalized spacial score (nSPS) is 17.7. The molecule has 1 atom stereocenters. The minimum atomic E-state index is -4.27. The molecule has 1 unspecified atom stereocenters. The minimum absolute atomic E-state index is 0.0433. The molecule has 3 rings (SSSR count). The average molecular weight is 382 g/mol. The number of thiophene rings is 1. The van der Waals surface area contributed by atoms with Crippen LogP contribution in [-0.4, -0.2) is 37.3 Å². The van der Waals surface area contributed by atoms with Crippen LogP contribution in [0.5, 0.6) is 0 Å². The van der Waals surface area contributed by atoms with Crippen molar-refractivity contribution >= 4 is 33.0 Å². The third kappa shape index (κ3) is 2.92. The molecular formula is C15H14N2O6S2. The number of fused-ring (bicyclic) bond motifs is 1. The van der Waals surface area contributed by atoms with Crippen molar-refractivity contribution in [3.8, 4) is 0 Å². The SMILES string of the molecule is COC(=O)C1c2ccsc2CCN1S(=O)(=O)c1ccccc1[N+](=O)[O-]. The van der Waals surface area contributed by atoms with Crippen molar-refractivity contribution in [1.82, 2.24) is 4.31 Å². The average Bonchev–Trinajstić information content (AvgIpc) is 3.08. The highest BCUT2D eigenvalue weighted by atomic mass is 32.2. The topological polar surface area (TPSA) is 107 Å². The molecule has 0 radical (unpaired) electrons. The summed E-state index contributed by atoms with van der Waals surface area (Å²) in [6, 6.07) is 5.63. The van der Waals surface area contributed by atoms with Gasteiger partial charge in [-0.25, -0.2) is 13.2 Å². The van der Waals surface area contributed by atoms with Crippen molar-refractivity contribution in [1.29, 1.82) is 0 Å². The molecule has 0 saturated heterocycles. The highest BCUT2D eigenvalue weighted by Crippen LogP contribution is 2.39. The van der Waals surface area contributed by atoms with Gasteiger partial charge in [-0.2, -0.15) is 4.31 Å². The Morgan fingerprint density at radius 1 is 1.36 bits per heavy atom. The summed E-state index contributed by atoms with van der Waals surface area (Å²) in [4.78, 5) is 23.2. The van der Waals surface area contributed by atoms with Crippen molar-refractivity contribution in [2.75, 3.05) is 13.7 Å². The Morgan fingerprint density at radius 3 is 2.76 bits per heavy atom. The number of para-hydroxylation sites is 1. The monoisotopic (exact) mass is 382 g/mol. The lowest BCUT2D eigenvalue weighted by molar-refractivity contribution is -0.387. The number of methoxy groups -OCH3 is 1. The van der Waals surface area contributed by atoms with E-state index in [4.69, 9.17) is 4.74 Å². The van der Waals surface area contributed by atoms with Crippen LogP contribution in [0.2, 0.25) is 0 Å². The second kappa shape index (κ2) is 6.54. The van der Waals surface area contributed by atoms with Crippen LogP contribution in [0.15, 0.2) is 40.6 Å². The Hall–Kier alpha value is -2.30. The molecule has 1 aliphatic rings. The molecule has 2 heterocycles. The van der Waals surface area contributed by atoms with Gasteiger partial charge in [0.1, 0.15) is 6.04 Å². The molecule has 0 bridgehead atoms. The fraction of sp³-hybridized carbons (Fsp3) is 0.267. The number of nitro groups is 1. The lowest BCUT2D eigenvalue weighted by Crippen LogP contribution is -2.43. The van der Waals surface area contributed by atoms with Crippen LogP contribution in [0, 0.1) is 10.1 Å². The number of hydrogen-bond donors (Lipinski definition) is 0. The van der Waals surface area contributed by atoms with Gasteiger partial charge in [-0.1, -0.05) is 12.1 Å². The van der Waals surface area contributed by atoms with Gasteiger partial charge in [0.25, 0.3) is 15.7 Å². The number of esters is 1. The van der Waals surface area contributed by atoms with E-state index < -0.39 is 37.5 Å². The number of sulfonamides is 1. The van der Waals surface area contributed by atoms with E-state index in [-0.39, 0.29) is 6.54 Å². The van der Waals surface area contributed by atoms with Crippen molar-refractivity contribution in [2.24, 2.45) is 0 Å². The summed E-state index contributed by atoms with van der Waals surface area (Å²) in [5, 5.41) is 13.0. The van der Waals surface area contributed by atoms with Gasteiger partial charge in [0.05, 0.1) is 12.0 Å². The fourth-order valence-electron chi connectivity index (χ4n) is 2.86. The Kier molecular flexibility index (Phi) is 4.58. The molecule has 0 saturated carbocycles. The molecule has 0 amide bonds. The van der Waals surface area contributed by atoms with Gasteiger partial charge in [-0.3, -0.25) is 10.1 Å². The molecule has 2 aromatic rings. The summed E-state index contributed by atoms with van der Waals surface area (Å²) in [7, 11) is -3.09. The van der Waals surface area contributed by atoms with E-state index in [0.29, 0.717) is 12.0 Å². The van der Waals surface area contributed by atoms with Gasteiger partial charge in [0, 0.05) is 17.5 Å². The van der Waals surface area contributed by atoms with Gasteiger partial charge in [-0.15, -0.1) is 11.3 Å². The number of nitro benzene ring substituents is 1. The smallest absolute Gasteiger partial charge is 0.328 e. The maximum atomic E-state index is 13.1. The number of carbonyl (C=O) groups is 1. The lowest BCUT2D eigenvalue weighted by atomic mass is 10.0. The molecule has 132 valence electrons. The first-order valence-electron chi connectivity index (χ1n) is 7.27. The van der Waals surface area contributed by atoms with Crippen LogP contribution in [0.4, 0.5) is 5.69 Å². The second-order valence-electron chi connectivity index (χ2n) is 5.32. The molecular weight excluding hydrogens is 368 g/mol. The predicted octanol–water partition coefficient (Wildman–Crippen LogP) is 2.12. The molecule has 1 aromatic heterocycles. The van der Waals surface area contributed by atoms with Crippen LogP contribution in [0.1, 0.15) is 16.5 Å². The zero-order valence-corrected chi connectivity index (χ0v) is 14.7. The van der Waals surface area contributed by atoms with Crippen LogP contribution in [0.25, 0.3) is 0 Å². The maximum absolute atomic E-state index is 13.1. The van der Waals surface area contributed by atoms with Crippen molar-refractivity contribution < 1.29 is 22.9 Å². The third-order valence-corrected chi connectivity index (χ3v) is 6.90. The van der Waals surface area contributed by atoms with Crippen molar-refractivity contribution in [3.63, 3.8) is 0 Å². The number of rotatable bonds is 4. The quantitative estimate of drug-likeness (QED) is 0.455. The zero-order chi connectivity index (χ0) is 18.2. The first kappa shape index (κ1) is 17.5. The molecule has 0 aliphatic carbocycles. The van der Waals surface area contributed by atoms with Crippen LogP contribution < -0.4 is 0 Å². The van der Waals surface area contributed by atoms with E-state index in [2.05, 4.69) is 0 Å². The largest absolute Gasteiger partial charge is 0.468 e. The lowest BCUT2D eigenvalue weighted by Gasteiger charge is -2.32. The van der Waals surface area contributed by atoms with E-state index in [1.807, 2.05) is 0 Å². The molecule has 10 heteroatoms. The highest BCUT2D eigenvalue weighted by molar-refractivity contribution is 7.89. The first-order valence-corrected chi connectivity index (χ1v) is 9.59. The number of hydrogen-bond acceptors (Lipinski definition) is 7. The van der Waals surface area contributed by atoms with E-state index >= 15 is 0 Å². The van der Waals surface area contributed by atoms with Crippen LogP contribution in [0.3, 0.4) is 0 Å². The highest BCUT2D eigenvalue weighted by Gasteiger charge is 2.43. The number of nitrogens with zero attached hydrogens (tertiary/aromatic N) is 2. The Labute approximate surface area is 147 Å². The van der Waals surface area contributed by atoms with E-state index in [0.717, 1.165) is 15.2 Å². The van der Waals surface area contributed by atoms with Gasteiger partial charge in [0.15, 0.2) is 4.90 Å². The Balaban J connectivity index is 2.14. The second-order valence-corrected chi connectivity index (χ2v) is 8.18. The predicted molar refractivity (Wildman–Crippen MR) is 89.8 cm³/mol. The third-order valence-electron chi connectivity index (χ3n) is 3.99. The molecule has 25 heavy (non-hydrogen) atoms. The summed E-state index contributed by atoms with van der Waals surface area (Å²) >= 11 is 1.44. The summed E-state index contributed by atoms with van der Waals surface area (Å²) in [6.07, 6.45) is 0.431. The minimum Gasteiger partial charge on any atom is -0.468 e. The molecule has 0 spiro atoms. The van der Waals surface area contributed by atoms with Crippen LogP contribution >= 0.6 is 11.3 Å². The summed E-state index contributed by atoms with van der Waals surface area (Å²) < 4.78 is 31.9.